The number of benzene rings is 1. The first-order valence-corrected chi connectivity index (χ1v) is 7.59. The molecule has 0 aliphatic carbocycles. The number of hydrogen-bond donors (Lipinski definition) is 1. The largest absolute Gasteiger partial charge is 0.481 e. The van der Waals surface area contributed by atoms with Crippen LogP contribution in [0.4, 0.5) is 0 Å². The van der Waals surface area contributed by atoms with E-state index in [1.165, 1.54) is 5.56 Å². The lowest BCUT2D eigenvalue weighted by molar-refractivity contribution is -0.142. The number of carbonyl (C=O) groups is 2. The number of aliphatic carboxylic acids is 1. The molecule has 1 heterocycles. The van der Waals surface area contributed by atoms with Crippen molar-refractivity contribution >= 4 is 11.9 Å². The molecule has 0 bridgehead atoms. The Hall–Kier alpha value is -1.84. The van der Waals surface area contributed by atoms with Crippen LogP contribution in [0.2, 0.25) is 0 Å². The maximum Gasteiger partial charge on any atom is 0.308 e. The number of nitrogens with zero attached hydrogens (tertiary/aromatic N) is 1. The molecule has 2 atom stereocenters. The summed E-state index contributed by atoms with van der Waals surface area (Å²) in [5.41, 5.74) is 2.45. The summed E-state index contributed by atoms with van der Waals surface area (Å²) < 4.78 is 0. The Morgan fingerprint density at radius 3 is 2.33 bits per heavy atom. The molecule has 1 fully saturated rings. The summed E-state index contributed by atoms with van der Waals surface area (Å²) in [6.45, 7) is 4.93. The highest BCUT2D eigenvalue weighted by Crippen LogP contribution is 2.24. The zero-order valence-corrected chi connectivity index (χ0v) is 12.7. The van der Waals surface area contributed by atoms with Gasteiger partial charge < -0.3 is 10.0 Å². The van der Waals surface area contributed by atoms with Gasteiger partial charge in [-0.25, -0.2) is 0 Å². The molecule has 2 unspecified atom stereocenters. The van der Waals surface area contributed by atoms with Crippen LogP contribution >= 0.6 is 0 Å². The second-order valence-corrected chi connectivity index (χ2v) is 5.89. The standard InChI is InChI=1S/C17H23NO3/c1-3-13-4-6-14(7-5-13)8-9-16(19)18-10-12(2)15(11-18)17(20)21/h4-7,12,15H,3,8-11H2,1-2H3,(H,20,21). The number of carboxylic acid groups (broad SMARTS) is 1. The molecule has 0 aromatic heterocycles. The molecule has 0 radical (unpaired) electrons. The molecule has 4 nitrogen and oxygen atoms in total. The van der Waals surface area contributed by atoms with E-state index in [1.54, 1.807) is 4.90 Å². The Kier molecular flexibility index (Phi) is 4.99. The predicted octanol–water partition coefficient (Wildman–Crippen LogP) is 2.36. The van der Waals surface area contributed by atoms with Crippen molar-refractivity contribution in [2.45, 2.75) is 33.1 Å². The molecule has 1 aliphatic heterocycles. The Balaban J connectivity index is 1.86. The lowest BCUT2D eigenvalue weighted by Gasteiger charge is -2.15. The van der Waals surface area contributed by atoms with Gasteiger partial charge >= 0.3 is 5.97 Å². The predicted molar refractivity (Wildman–Crippen MR) is 81.0 cm³/mol. The van der Waals surface area contributed by atoms with Crippen LogP contribution in [0.3, 0.4) is 0 Å². The number of likely N-dealkylation sites (tertiary alicyclic amines) is 1. The molecule has 1 saturated heterocycles. The molecule has 2 rings (SSSR count). The van der Waals surface area contributed by atoms with Crippen LogP contribution in [-0.2, 0) is 22.4 Å². The zero-order chi connectivity index (χ0) is 15.4. The van der Waals surface area contributed by atoms with Gasteiger partial charge in [0.05, 0.1) is 5.92 Å². The molecular formula is C17H23NO3. The monoisotopic (exact) mass is 289 g/mol. The fraction of sp³-hybridized carbons (Fsp3) is 0.529. The summed E-state index contributed by atoms with van der Waals surface area (Å²) in [4.78, 5) is 25.0. The molecule has 1 aromatic carbocycles. The minimum absolute atomic E-state index is 0.0373. The van der Waals surface area contributed by atoms with Crippen LogP contribution in [0.5, 0.6) is 0 Å². The first-order chi connectivity index (χ1) is 10.0. The molecular weight excluding hydrogens is 266 g/mol. The van der Waals surface area contributed by atoms with Crippen molar-refractivity contribution in [3.05, 3.63) is 35.4 Å². The molecule has 1 aliphatic rings. The van der Waals surface area contributed by atoms with Gasteiger partial charge in [0.15, 0.2) is 0 Å². The fourth-order valence-electron chi connectivity index (χ4n) is 2.84. The van der Waals surface area contributed by atoms with E-state index in [-0.39, 0.29) is 11.8 Å². The number of amides is 1. The maximum atomic E-state index is 12.2. The van der Waals surface area contributed by atoms with Crippen LogP contribution in [0.15, 0.2) is 24.3 Å². The molecule has 114 valence electrons. The van der Waals surface area contributed by atoms with Crippen LogP contribution in [0, 0.1) is 11.8 Å². The van der Waals surface area contributed by atoms with Gasteiger partial charge in [-0.2, -0.15) is 0 Å². The van der Waals surface area contributed by atoms with Crippen molar-refractivity contribution in [3.63, 3.8) is 0 Å². The van der Waals surface area contributed by atoms with E-state index in [2.05, 4.69) is 31.2 Å². The quantitative estimate of drug-likeness (QED) is 0.905. The van der Waals surface area contributed by atoms with Crippen molar-refractivity contribution in [1.82, 2.24) is 4.90 Å². The van der Waals surface area contributed by atoms with Gasteiger partial charge in [-0.15, -0.1) is 0 Å². The second-order valence-electron chi connectivity index (χ2n) is 5.89. The van der Waals surface area contributed by atoms with Gasteiger partial charge in [0.1, 0.15) is 0 Å². The maximum absolute atomic E-state index is 12.2. The van der Waals surface area contributed by atoms with Crippen LogP contribution in [0.1, 0.15) is 31.4 Å². The first-order valence-electron chi connectivity index (χ1n) is 7.59. The van der Waals surface area contributed by atoms with Crippen molar-refractivity contribution < 1.29 is 14.7 Å². The van der Waals surface area contributed by atoms with E-state index in [9.17, 15) is 9.59 Å². The van der Waals surface area contributed by atoms with Gasteiger partial charge in [-0.05, 0) is 29.9 Å². The van der Waals surface area contributed by atoms with E-state index in [4.69, 9.17) is 5.11 Å². The molecule has 1 aromatic rings. The number of hydrogen-bond acceptors (Lipinski definition) is 2. The van der Waals surface area contributed by atoms with Crippen molar-refractivity contribution in [2.24, 2.45) is 11.8 Å². The highest BCUT2D eigenvalue weighted by atomic mass is 16.4. The van der Waals surface area contributed by atoms with Gasteiger partial charge in [0, 0.05) is 19.5 Å². The van der Waals surface area contributed by atoms with Gasteiger partial charge in [-0.3, -0.25) is 9.59 Å². The number of carboxylic acids is 1. The highest BCUT2D eigenvalue weighted by Gasteiger charge is 2.36. The van der Waals surface area contributed by atoms with Crippen LogP contribution < -0.4 is 0 Å². The lowest BCUT2D eigenvalue weighted by Crippen LogP contribution is -2.30. The summed E-state index contributed by atoms with van der Waals surface area (Å²) in [5, 5.41) is 9.10. The summed E-state index contributed by atoms with van der Waals surface area (Å²) in [7, 11) is 0. The summed E-state index contributed by atoms with van der Waals surface area (Å²) in [6, 6.07) is 8.33. The van der Waals surface area contributed by atoms with E-state index in [1.807, 2.05) is 6.92 Å². The van der Waals surface area contributed by atoms with Crippen molar-refractivity contribution in [3.8, 4) is 0 Å². The highest BCUT2D eigenvalue weighted by molar-refractivity contribution is 5.79. The Morgan fingerprint density at radius 1 is 1.19 bits per heavy atom. The minimum Gasteiger partial charge on any atom is -0.481 e. The van der Waals surface area contributed by atoms with E-state index >= 15 is 0 Å². The minimum atomic E-state index is -0.798. The molecule has 4 heteroatoms. The zero-order valence-electron chi connectivity index (χ0n) is 12.7. The average Bonchev–Trinajstić information content (AvgIpc) is 2.87. The summed E-state index contributed by atoms with van der Waals surface area (Å²) >= 11 is 0. The van der Waals surface area contributed by atoms with Crippen LogP contribution in [0.25, 0.3) is 0 Å². The number of aryl methyl sites for hydroxylation is 2. The van der Waals surface area contributed by atoms with Gasteiger partial charge in [0.25, 0.3) is 0 Å². The number of carbonyl (C=O) groups excluding carboxylic acids is 1. The van der Waals surface area contributed by atoms with E-state index in [0.717, 1.165) is 12.0 Å². The van der Waals surface area contributed by atoms with E-state index in [0.29, 0.717) is 25.9 Å². The summed E-state index contributed by atoms with van der Waals surface area (Å²) in [5.74, 6) is -1.12. The van der Waals surface area contributed by atoms with Gasteiger partial charge in [0.2, 0.25) is 5.91 Å². The Labute approximate surface area is 125 Å². The van der Waals surface area contributed by atoms with Gasteiger partial charge in [-0.1, -0.05) is 38.1 Å². The van der Waals surface area contributed by atoms with E-state index < -0.39 is 11.9 Å². The normalized spacial score (nSPS) is 21.5. The third kappa shape index (κ3) is 3.84. The first kappa shape index (κ1) is 15.5. The van der Waals surface area contributed by atoms with Crippen molar-refractivity contribution in [2.75, 3.05) is 13.1 Å². The molecule has 0 saturated carbocycles. The topological polar surface area (TPSA) is 57.6 Å². The Bertz CT molecular complexity index is 509. The third-order valence-electron chi connectivity index (χ3n) is 4.34. The molecule has 21 heavy (non-hydrogen) atoms. The average molecular weight is 289 g/mol. The van der Waals surface area contributed by atoms with Crippen molar-refractivity contribution in [1.29, 1.82) is 0 Å². The summed E-state index contributed by atoms with van der Waals surface area (Å²) in [6.07, 6.45) is 2.18. The fourth-order valence-corrected chi connectivity index (χ4v) is 2.84. The SMILES string of the molecule is CCc1ccc(CCC(=O)N2CC(C)C(C(=O)O)C2)cc1. The Morgan fingerprint density at radius 2 is 1.81 bits per heavy atom. The molecule has 1 amide bonds. The number of rotatable bonds is 5. The lowest BCUT2D eigenvalue weighted by atomic mass is 9.99. The molecule has 0 spiro atoms. The molecule has 1 N–H and O–H groups in total. The second kappa shape index (κ2) is 6.74. The third-order valence-corrected chi connectivity index (χ3v) is 4.34. The van der Waals surface area contributed by atoms with Crippen LogP contribution in [-0.4, -0.2) is 35.0 Å². The smallest absolute Gasteiger partial charge is 0.308 e.